The zero-order chi connectivity index (χ0) is 12.1. The predicted molar refractivity (Wildman–Crippen MR) is 64.8 cm³/mol. The Kier molecular flexibility index (Phi) is 4.23. The van der Waals surface area contributed by atoms with Gasteiger partial charge in [0, 0.05) is 18.2 Å². The fourth-order valence-electron chi connectivity index (χ4n) is 1.59. The van der Waals surface area contributed by atoms with Crippen LogP contribution in [0.3, 0.4) is 0 Å². The summed E-state index contributed by atoms with van der Waals surface area (Å²) in [5.74, 6) is 0.246. The van der Waals surface area contributed by atoms with E-state index in [-0.39, 0.29) is 5.91 Å². The summed E-state index contributed by atoms with van der Waals surface area (Å²) < 4.78 is 0. The monoisotopic (exact) mass is 219 g/mol. The van der Waals surface area contributed by atoms with Gasteiger partial charge in [-0.15, -0.1) is 0 Å². The van der Waals surface area contributed by atoms with E-state index in [9.17, 15) is 9.59 Å². The Morgan fingerprint density at radius 1 is 1.50 bits per heavy atom. The molecule has 1 rings (SSSR count). The molecular formula is C13H17NO2. The zero-order valence-electron chi connectivity index (χ0n) is 9.91. The molecule has 1 N–H and O–H groups in total. The van der Waals surface area contributed by atoms with Crippen molar-refractivity contribution in [2.45, 2.75) is 33.1 Å². The molecule has 86 valence electrons. The molecule has 1 aromatic carbocycles. The molecule has 0 aliphatic heterocycles. The molecule has 1 amide bonds. The highest BCUT2D eigenvalue weighted by Gasteiger charge is 2.10. The molecule has 1 aromatic rings. The number of hydrogen-bond donors (Lipinski definition) is 1. The normalized spacial score (nSPS) is 11.9. The van der Waals surface area contributed by atoms with Gasteiger partial charge in [0.1, 0.15) is 6.29 Å². The van der Waals surface area contributed by atoms with Gasteiger partial charge in [-0.1, -0.05) is 26.0 Å². The highest BCUT2D eigenvalue weighted by Crippen LogP contribution is 2.27. The third-order valence-electron chi connectivity index (χ3n) is 2.67. The van der Waals surface area contributed by atoms with Crippen LogP contribution in [-0.4, -0.2) is 12.2 Å². The van der Waals surface area contributed by atoms with Crippen LogP contribution in [0.4, 0.5) is 5.69 Å². The van der Waals surface area contributed by atoms with Crippen molar-refractivity contribution in [3.63, 3.8) is 0 Å². The van der Waals surface area contributed by atoms with Crippen LogP contribution < -0.4 is 5.32 Å². The Morgan fingerprint density at radius 2 is 2.19 bits per heavy atom. The number of rotatable bonds is 4. The molecule has 0 saturated heterocycles. The molecule has 0 aliphatic carbocycles. The van der Waals surface area contributed by atoms with E-state index in [1.807, 2.05) is 6.07 Å². The van der Waals surface area contributed by atoms with Crippen molar-refractivity contribution in [2.75, 3.05) is 5.32 Å². The molecule has 0 saturated carbocycles. The van der Waals surface area contributed by atoms with Gasteiger partial charge in [0.25, 0.3) is 0 Å². The van der Waals surface area contributed by atoms with Crippen LogP contribution in [0.1, 0.15) is 49.0 Å². The molecule has 1 atom stereocenters. The minimum atomic E-state index is -0.118. The predicted octanol–water partition coefficient (Wildman–Crippen LogP) is 2.97. The van der Waals surface area contributed by atoms with Crippen LogP contribution in [0, 0.1) is 0 Å². The van der Waals surface area contributed by atoms with Crippen molar-refractivity contribution in [2.24, 2.45) is 0 Å². The van der Waals surface area contributed by atoms with Crippen LogP contribution in [0.25, 0.3) is 0 Å². The summed E-state index contributed by atoms with van der Waals surface area (Å²) in [6, 6.07) is 5.40. The highest BCUT2D eigenvalue weighted by molar-refractivity contribution is 5.91. The molecule has 0 spiro atoms. The smallest absolute Gasteiger partial charge is 0.221 e. The summed E-state index contributed by atoms with van der Waals surface area (Å²) in [7, 11) is 0. The summed E-state index contributed by atoms with van der Waals surface area (Å²) in [5.41, 5.74) is 2.39. The van der Waals surface area contributed by atoms with Crippen LogP contribution in [0.5, 0.6) is 0 Å². The SMILES string of the molecule is CCC(C)c1ccc(C=O)cc1NC(C)=O. The molecule has 16 heavy (non-hydrogen) atoms. The molecule has 0 aliphatic rings. The van der Waals surface area contributed by atoms with Gasteiger partial charge < -0.3 is 5.32 Å². The average molecular weight is 219 g/mol. The van der Waals surface area contributed by atoms with Gasteiger partial charge in [-0.3, -0.25) is 9.59 Å². The van der Waals surface area contributed by atoms with Crippen LogP contribution in [0.15, 0.2) is 18.2 Å². The van der Waals surface area contributed by atoms with Gasteiger partial charge >= 0.3 is 0 Å². The molecule has 0 aromatic heterocycles. The number of nitrogens with one attached hydrogen (secondary N) is 1. The first kappa shape index (κ1) is 12.4. The topological polar surface area (TPSA) is 46.2 Å². The lowest BCUT2D eigenvalue weighted by atomic mass is 9.95. The summed E-state index contributed by atoms with van der Waals surface area (Å²) in [4.78, 5) is 21.8. The number of carbonyl (C=O) groups excluding carboxylic acids is 2. The van der Waals surface area contributed by atoms with E-state index >= 15 is 0 Å². The fourth-order valence-corrected chi connectivity index (χ4v) is 1.59. The summed E-state index contributed by atoms with van der Waals surface area (Å²) in [5, 5.41) is 2.77. The second-order valence-electron chi connectivity index (χ2n) is 3.96. The number of carbonyl (C=O) groups is 2. The molecule has 3 nitrogen and oxygen atoms in total. The maximum Gasteiger partial charge on any atom is 0.221 e. The van der Waals surface area contributed by atoms with Gasteiger partial charge in [-0.05, 0) is 24.0 Å². The van der Waals surface area contributed by atoms with E-state index in [2.05, 4.69) is 19.2 Å². The number of aldehydes is 1. The standard InChI is InChI=1S/C13H17NO2/c1-4-9(2)12-6-5-11(8-15)7-13(12)14-10(3)16/h5-9H,4H2,1-3H3,(H,14,16). The maximum atomic E-state index is 11.1. The van der Waals surface area contributed by atoms with Crippen molar-refractivity contribution < 1.29 is 9.59 Å². The van der Waals surface area contributed by atoms with Crippen LogP contribution in [-0.2, 0) is 4.79 Å². The Bertz CT molecular complexity index is 399. The van der Waals surface area contributed by atoms with E-state index < -0.39 is 0 Å². The van der Waals surface area contributed by atoms with E-state index in [1.54, 1.807) is 12.1 Å². The quantitative estimate of drug-likeness (QED) is 0.791. The Labute approximate surface area is 95.9 Å². The Hall–Kier alpha value is -1.64. The number of benzene rings is 1. The van der Waals surface area contributed by atoms with Crippen molar-refractivity contribution in [3.8, 4) is 0 Å². The van der Waals surface area contributed by atoms with Gasteiger partial charge in [-0.25, -0.2) is 0 Å². The lowest BCUT2D eigenvalue weighted by Crippen LogP contribution is -2.09. The molecule has 0 radical (unpaired) electrons. The number of amides is 1. The van der Waals surface area contributed by atoms with E-state index in [1.165, 1.54) is 6.92 Å². The molecule has 1 unspecified atom stereocenters. The first-order valence-corrected chi connectivity index (χ1v) is 5.45. The summed E-state index contributed by atoms with van der Waals surface area (Å²) >= 11 is 0. The number of anilines is 1. The largest absolute Gasteiger partial charge is 0.326 e. The van der Waals surface area contributed by atoms with Gasteiger partial charge in [-0.2, -0.15) is 0 Å². The second kappa shape index (κ2) is 5.45. The van der Waals surface area contributed by atoms with Crippen molar-refractivity contribution in [1.29, 1.82) is 0 Å². The third kappa shape index (κ3) is 2.92. The lowest BCUT2D eigenvalue weighted by Gasteiger charge is -2.15. The molecule has 3 heteroatoms. The van der Waals surface area contributed by atoms with Crippen LogP contribution in [0.2, 0.25) is 0 Å². The molecule has 0 bridgehead atoms. The van der Waals surface area contributed by atoms with Gasteiger partial charge in [0.05, 0.1) is 0 Å². The van der Waals surface area contributed by atoms with E-state index in [0.717, 1.165) is 24.0 Å². The fraction of sp³-hybridized carbons (Fsp3) is 0.385. The maximum absolute atomic E-state index is 11.1. The Morgan fingerprint density at radius 3 is 2.69 bits per heavy atom. The highest BCUT2D eigenvalue weighted by atomic mass is 16.1. The summed E-state index contributed by atoms with van der Waals surface area (Å²) in [6.45, 7) is 5.66. The number of hydrogen-bond acceptors (Lipinski definition) is 2. The van der Waals surface area contributed by atoms with Crippen molar-refractivity contribution >= 4 is 17.9 Å². The van der Waals surface area contributed by atoms with Crippen molar-refractivity contribution in [1.82, 2.24) is 0 Å². The summed E-state index contributed by atoms with van der Waals surface area (Å²) in [6.07, 6.45) is 1.78. The second-order valence-corrected chi connectivity index (χ2v) is 3.96. The first-order chi connectivity index (χ1) is 7.58. The molecule has 0 heterocycles. The van der Waals surface area contributed by atoms with Gasteiger partial charge in [0.15, 0.2) is 0 Å². The van der Waals surface area contributed by atoms with Gasteiger partial charge in [0.2, 0.25) is 5.91 Å². The average Bonchev–Trinajstić information content (AvgIpc) is 2.27. The first-order valence-electron chi connectivity index (χ1n) is 5.45. The molecule has 0 fully saturated rings. The van der Waals surface area contributed by atoms with Crippen LogP contribution >= 0.6 is 0 Å². The van der Waals surface area contributed by atoms with Crippen molar-refractivity contribution in [3.05, 3.63) is 29.3 Å². The minimum absolute atomic E-state index is 0.118. The molecular weight excluding hydrogens is 202 g/mol. The van der Waals surface area contributed by atoms with E-state index in [0.29, 0.717) is 11.5 Å². The minimum Gasteiger partial charge on any atom is -0.326 e. The lowest BCUT2D eigenvalue weighted by molar-refractivity contribution is -0.114. The van der Waals surface area contributed by atoms with E-state index in [4.69, 9.17) is 0 Å². The zero-order valence-corrected chi connectivity index (χ0v) is 9.91. The third-order valence-corrected chi connectivity index (χ3v) is 2.67. The Balaban J connectivity index is 3.15.